The zero-order valence-corrected chi connectivity index (χ0v) is 16.0. The van der Waals surface area contributed by atoms with E-state index in [0.29, 0.717) is 11.4 Å². The number of nitrogens with zero attached hydrogens (tertiary/aromatic N) is 5. The molecule has 0 N–H and O–H groups in total. The van der Waals surface area contributed by atoms with Gasteiger partial charge in [-0.25, -0.2) is 9.97 Å². The molecule has 2 saturated heterocycles. The number of pyridine rings is 1. The van der Waals surface area contributed by atoms with E-state index in [0.717, 1.165) is 39.1 Å². The van der Waals surface area contributed by atoms with Crippen molar-refractivity contribution in [3.63, 3.8) is 0 Å². The minimum Gasteiger partial charge on any atom is -0.338 e. The molecule has 0 radical (unpaired) electrons. The van der Waals surface area contributed by atoms with Crippen molar-refractivity contribution in [2.75, 3.05) is 26.2 Å². The van der Waals surface area contributed by atoms with Crippen LogP contribution in [0.2, 0.25) is 0 Å². The van der Waals surface area contributed by atoms with Crippen LogP contribution in [0.4, 0.5) is 0 Å². The van der Waals surface area contributed by atoms with Crippen LogP contribution in [0.15, 0.2) is 36.9 Å². The topological polar surface area (TPSA) is 62.2 Å². The lowest BCUT2D eigenvalue weighted by molar-refractivity contribution is 0.0113. The molecule has 2 aliphatic rings. The zero-order valence-electron chi connectivity index (χ0n) is 16.0. The van der Waals surface area contributed by atoms with Crippen molar-refractivity contribution in [1.82, 2.24) is 24.8 Å². The molecule has 2 fully saturated rings. The van der Waals surface area contributed by atoms with Gasteiger partial charge in [-0.1, -0.05) is 6.07 Å². The van der Waals surface area contributed by atoms with E-state index in [4.69, 9.17) is 0 Å². The fourth-order valence-corrected chi connectivity index (χ4v) is 4.59. The average molecular weight is 365 g/mol. The summed E-state index contributed by atoms with van der Waals surface area (Å²) in [6, 6.07) is 4.14. The van der Waals surface area contributed by atoms with Gasteiger partial charge in [0.1, 0.15) is 5.82 Å². The molecule has 2 aromatic heterocycles. The Morgan fingerprint density at radius 3 is 2.63 bits per heavy atom. The fraction of sp³-hybridized carbons (Fsp3) is 0.524. The predicted octanol–water partition coefficient (Wildman–Crippen LogP) is 2.70. The largest absolute Gasteiger partial charge is 0.338 e. The Labute approximate surface area is 160 Å². The number of carbonyl (C=O) groups excluding carboxylic acids is 1. The normalized spacial score (nSPS) is 23.5. The quantitative estimate of drug-likeness (QED) is 0.837. The molecule has 0 bridgehead atoms. The van der Waals surface area contributed by atoms with Gasteiger partial charge in [-0.3, -0.25) is 14.7 Å². The van der Waals surface area contributed by atoms with Crippen LogP contribution in [0.5, 0.6) is 0 Å². The van der Waals surface area contributed by atoms with Gasteiger partial charge in [0.15, 0.2) is 0 Å². The van der Waals surface area contributed by atoms with Crippen LogP contribution in [0.3, 0.4) is 0 Å². The lowest BCUT2D eigenvalue weighted by Crippen LogP contribution is -2.53. The number of carbonyl (C=O) groups is 1. The Morgan fingerprint density at radius 2 is 1.89 bits per heavy atom. The van der Waals surface area contributed by atoms with E-state index >= 15 is 0 Å². The number of rotatable bonds is 3. The summed E-state index contributed by atoms with van der Waals surface area (Å²) in [6.07, 6.45) is 11.7. The predicted molar refractivity (Wildman–Crippen MR) is 103 cm³/mol. The number of hydrogen-bond donors (Lipinski definition) is 0. The van der Waals surface area contributed by atoms with E-state index in [1.165, 1.54) is 24.8 Å². The van der Waals surface area contributed by atoms with Crippen molar-refractivity contribution >= 4 is 5.91 Å². The first-order valence-corrected chi connectivity index (χ1v) is 9.83. The number of aryl methyl sites for hydroxylation is 1. The first kappa shape index (κ1) is 18.0. The molecule has 2 aliphatic heterocycles. The van der Waals surface area contributed by atoms with Gasteiger partial charge in [0, 0.05) is 56.4 Å². The molecule has 27 heavy (non-hydrogen) atoms. The Balaban J connectivity index is 1.44. The summed E-state index contributed by atoms with van der Waals surface area (Å²) < 4.78 is 0. The van der Waals surface area contributed by atoms with Crippen LogP contribution in [0, 0.1) is 12.3 Å². The number of piperidine rings is 2. The lowest BCUT2D eigenvalue weighted by Gasteiger charge is -2.48. The minimum atomic E-state index is 0.0680. The molecule has 0 aromatic carbocycles. The maximum atomic E-state index is 12.9. The van der Waals surface area contributed by atoms with Crippen molar-refractivity contribution in [3.05, 3.63) is 53.9 Å². The molecule has 1 atom stereocenters. The van der Waals surface area contributed by atoms with Gasteiger partial charge < -0.3 is 4.90 Å². The highest BCUT2D eigenvalue weighted by Crippen LogP contribution is 2.39. The first-order chi connectivity index (χ1) is 13.1. The van der Waals surface area contributed by atoms with E-state index in [1.807, 2.05) is 30.3 Å². The third-order valence-corrected chi connectivity index (χ3v) is 5.85. The summed E-state index contributed by atoms with van der Waals surface area (Å²) in [4.78, 5) is 30.1. The number of amides is 1. The monoisotopic (exact) mass is 365 g/mol. The molecule has 142 valence electrons. The van der Waals surface area contributed by atoms with E-state index in [-0.39, 0.29) is 11.3 Å². The maximum absolute atomic E-state index is 12.9. The second-order valence-corrected chi connectivity index (χ2v) is 8.02. The molecule has 2 aromatic rings. The van der Waals surface area contributed by atoms with Crippen LogP contribution < -0.4 is 0 Å². The van der Waals surface area contributed by atoms with Gasteiger partial charge >= 0.3 is 0 Å². The molecule has 1 spiro atoms. The van der Waals surface area contributed by atoms with Gasteiger partial charge in [0.25, 0.3) is 5.91 Å². The summed E-state index contributed by atoms with van der Waals surface area (Å²) in [5.74, 6) is 0.762. The Morgan fingerprint density at radius 1 is 1.11 bits per heavy atom. The first-order valence-electron chi connectivity index (χ1n) is 9.83. The number of hydrogen-bond acceptors (Lipinski definition) is 5. The maximum Gasteiger partial charge on any atom is 0.257 e. The molecule has 0 aliphatic carbocycles. The van der Waals surface area contributed by atoms with Crippen molar-refractivity contribution in [1.29, 1.82) is 0 Å². The third kappa shape index (κ3) is 4.16. The minimum absolute atomic E-state index is 0.0680. The van der Waals surface area contributed by atoms with Gasteiger partial charge in [0.05, 0.1) is 5.56 Å². The molecule has 1 amide bonds. The third-order valence-electron chi connectivity index (χ3n) is 5.85. The number of aromatic nitrogens is 3. The summed E-state index contributed by atoms with van der Waals surface area (Å²) in [5.41, 5.74) is 2.07. The summed E-state index contributed by atoms with van der Waals surface area (Å²) >= 11 is 0. The van der Waals surface area contributed by atoms with Gasteiger partial charge in [-0.15, -0.1) is 0 Å². The Bertz CT molecular complexity index is 775. The molecule has 4 heterocycles. The van der Waals surface area contributed by atoms with Crippen LogP contribution in [0.1, 0.15) is 47.4 Å². The van der Waals surface area contributed by atoms with Crippen molar-refractivity contribution in [2.24, 2.45) is 5.41 Å². The summed E-state index contributed by atoms with van der Waals surface area (Å²) in [6.45, 7) is 6.62. The highest BCUT2D eigenvalue weighted by Gasteiger charge is 2.40. The second-order valence-electron chi connectivity index (χ2n) is 8.02. The Hall–Kier alpha value is -2.34. The molecule has 4 rings (SSSR count). The van der Waals surface area contributed by atoms with Crippen LogP contribution >= 0.6 is 0 Å². The lowest BCUT2D eigenvalue weighted by atomic mass is 9.73. The molecule has 0 saturated carbocycles. The van der Waals surface area contributed by atoms with Crippen LogP contribution in [-0.2, 0) is 6.54 Å². The zero-order chi connectivity index (χ0) is 18.7. The van der Waals surface area contributed by atoms with Crippen LogP contribution in [-0.4, -0.2) is 56.8 Å². The molecule has 6 heteroatoms. The van der Waals surface area contributed by atoms with E-state index in [9.17, 15) is 4.79 Å². The second kappa shape index (κ2) is 7.72. The van der Waals surface area contributed by atoms with Crippen molar-refractivity contribution in [3.8, 4) is 0 Å². The van der Waals surface area contributed by atoms with Gasteiger partial charge in [-0.2, -0.15) is 0 Å². The summed E-state index contributed by atoms with van der Waals surface area (Å²) in [5, 5.41) is 0. The summed E-state index contributed by atoms with van der Waals surface area (Å²) in [7, 11) is 0. The van der Waals surface area contributed by atoms with E-state index < -0.39 is 0 Å². The Kier molecular flexibility index (Phi) is 5.16. The van der Waals surface area contributed by atoms with Crippen LogP contribution in [0.25, 0.3) is 0 Å². The van der Waals surface area contributed by atoms with E-state index in [1.54, 1.807) is 12.4 Å². The highest BCUT2D eigenvalue weighted by molar-refractivity contribution is 5.93. The standard InChI is InChI=1S/C21H27N5O/c1-17-23-12-19(13-24-17)20(27)26-10-4-7-21(16-26)6-3-9-25(15-21)14-18-5-2-8-22-11-18/h2,5,8,11-13H,3-4,6-7,9-10,14-16H2,1H3. The molecular formula is C21H27N5O. The van der Waals surface area contributed by atoms with Crippen molar-refractivity contribution in [2.45, 2.75) is 39.2 Å². The number of likely N-dealkylation sites (tertiary alicyclic amines) is 2. The molecule has 6 nitrogen and oxygen atoms in total. The SMILES string of the molecule is Cc1ncc(C(=O)N2CCCC3(CCCN(Cc4cccnc4)C3)C2)cn1. The smallest absolute Gasteiger partial charge is 0.257 e. The molecular weight excluding hydrogens is 338 g/mol. The highest BCUT2D eigenvalue weighted by atomic mass is 16.2. The molecule has 1 unspecified atom stereocenters. The van der Waals surface area contributed by atoms with Gasteiger partial charge in [0.2, 0.25) is 0 Å². The average Bonchev–Trinajstić information content (AvgIpc) is 2.69. The van der Waals surface area contributed by atoms with Gasteiger partial charge in [-0.05, 0) is 50.8 Å². The fourth-order valence-electron chi connectivity index (χ4n) is 4.59. The van der Waals surface area contributed by atoms with Crippen molar-refractivity contribution < 1.29 is 4.79 Å². The van der Waals surface area contributed by atoms with E-state index in [2.05, 4.69) is 25.9 Å².